The second-order valence-corrected chi connectivity index (χ2v) is 6.15. The summed E-state index contributed by atoms with van der Waals surface area (Å²) in [6.45, 7) is 1.05. The van der Waals surface area contributed by atoms with Gasteiger partial charge in [-0.15, -0.1) is 0 Å². The summed E-state index contributed by atoms with van der Waals surface area (Å²) in [4.78, 5) is 25.2. The van der Waals surface area contributed by atoms with Crippen LogP contribution in [0.4, 0.5) is 0 Å². The van der Waals surface area contributed by atoms with Gasteiger partial charge in [-0.25, -0.2) is 0 Å². The molecule has 4 heteroatoms. The summed E-state index contributed by atoms with van der Waals surface area (Å²) < 4.78 is 0. The third-order valence-electron chi connectivity index (χ3n) is 4.64. The summed E-state index contributed by atoms with van der Waals surface area (Å²) in [7, 11) is 0. The van der Waals surface area contributed by atoms with Crippen LogP contribution < -0.4 is 0 Å². The fourth-order valence-corrected chi connectivity index (χ4v) is 3.43. The average Bonchev–Trinajstić information content (AvgIpc) is 2.95. The van der Waals surface area contributed by atoms with Crippen LogP contribution >= 0.6 is 0 Å². The third kappa shape index (κ3) is 3.09. The smallest absolute Gasteiger partial charge is 0.308 e. The predicted octanol–water partition coefficient (Wildman–Crippen LogP) is 2.04. The number of hydrogen-bond acceptors (Lipinski definition) is 2. The lowest BCUT2D eigenvalue weighted by Gasteiger charge is -2.30. The molecule has 1 N–H and O–H groups in total. The highest BCUT2D eigenvalue weighted by molar-refractivity contribution is 5.80. The van der Waals surface area contributed by atoms with E-state index in [1.54, 1.807) is 4.90 Å². The summed E-state index contributed by atoms with van der Waals surface area (Å²) in [6, 6.07) is 6.33. The molecule has 1 heterocycles. The maximum atomic E-state index is 12.4. The van der Waals surface area contributed by atoms with Crippen LogP contribution in [0.2, 0.25) is 0 Å². The number of rotatable bonds is 3. The molecule has 1 atom stereocenters. The number of likely N-dealkylation sites (tertiary alicyclic amines) is 1. The van der Waals surface area contributed by atoms with Gasteiger partial charge in [-0.1, -0.05) is 18.2 Å². The van der Waals surface area contributed by atoms with Crippen molar-refractivity contribution in [1.82, 2.24) is 4.90 Å². The molecule has 0 unspecified atom stereocenters. The fraction of sp³-hybridized carbons (Fsp3) is 0.529. The molecule has 1 amide bonds. The second-order valence-electron chi connectivity index (χ2n) is 6.15. The van der Waals surface area contributed by atoms with Crippen LogP contribution in [0, 0.1) is 5.92 Å². The molecular weight excluding hydrogens is 266 g/mol. The number of nitrogens with zero attached hydrogens (tertiary/aromatic N) is 1. The van der Waals surface area contributed by atoms with Crippen molar-refractivity contribution >= 4 is 11.9 Å². The summed E-state index contributed by atoms with van der Waals surface area (Å²) in [5, 5.41) is 9.10. The van der Waals surface area contributed by atoms with Crippen LogP contribution in [0.1, 0.15) is 36.0 Å². The average molecular weight is 287 g/mol. The van der Waals surface area contributed by atoms with Crippen LogP contribution in [0.15, 0.2) is 18.2 Å². The molecule has 1 saturated heterocycles. The number of carboxylic acids is 1. The van der Waals surface area contributed by atoms with Crippen molar-refractivity contribution in [2.24, 2.45) is 5.92 Å². The van der Waals surface area contributed by atoms with Gasteiger partial charge in [-0.3, -0.25) is 9.59 Å². The number of carbonyl (C=O) groups is 2. The molecule has 0 radical (unpaired) electrons. The van der Waals surface area contributed by atoms with Gasteiger partial charge in [0.25, 0.3) is 0 Å². The van der Waals surface area contributed by atoms with Gasteiger partial charge in [0, 0.05) is 13.1 Å². The Morgan fingerprint density at radius 1 is 1.19 bits per heavy atom. The quantitative estimate of drug-likeness (QED) is 0.925. The van der Waals surface area contributed by atoms with E-state index in [0.29, 0.717) is 25.9 Å². The predicted molar refractivity (Wildman–Crippen MR) is 79.1 cm³/mol. The maximum absolute atomic E-state index is 12.4. The first-order valence-corrected chi connectivity index (χ1v) is 7.75. The van der Waals surface area contributed by atoms with Crippen LogP contribution in [0.3, 0.4) is 0 Å². The van der Waals surface area contributed by atoms with E-state index in [1.165, 1.54) is 17.5 Å². The molecule has 1 aromatic rings. The molecule has 4 nitrogen and oxygen atoms in total. The molecule has 3 rings (SSSR count). The van der Waals surface area contributed by atoms with Crippen LogP contribution in [-0.2, 0) is 28.9 Å². The highest BCUT2D eigenvalue weighted by Crippen LogP contribution is 2.24. The molecule has 112 valence electrons. The highest BCUT2D eigenvalue weighted by Gasteiger charge is 2.28. The van der Waals surface area contributed by atoms with Crippen LogP contribution in [0.5, 0.6) is 0 Å². The van der Waals surface area contributed by atoms with Crippen molar-refractivity contribution < 1.29 is 14.7 Å². The molecule has 0 spiro atoms. The van der Waals surface area contributed by atoms with E-state index in [4.69, 9.17) is 5.11 Å². The summed E-state index contributed by atoms with van der Waals surface area (Å²) in [6.07, 6.45) is 5.32. The van der Waals surface area contributed by atoms with E-state index in [0.717, 1.165) is 24.8 Å². The number of piperidine rings is 1. The van der Waals surface area contributed by atoms with Crippen LogP contribution in [-0.4, -0.2) is 35.0 Å². The molecule has 1 aliphatic heterocycles. The molecule has 2 aliphatic rings. The minimum Gasteiger partial charge on any atom is -0.481 e. The number of hydrogen-bond donors (Lipinski definition) is 1. The van der Waals surface area contributed by atoms with E-state index >= 15 is 0 Å². The van der Waals surface area contributed by atoms with E-state index in [-0.39, 0.29) is 5.91 Å². The van der Waals surface area contributed by atoms with E-state index in [1.807, 2.05) is 6.07 Å². The molecule has 1 aromatic carbocycles. The van der Waals surface area contributed by atoms with Gasteiger partial charge in [0.15, 0.2) is 0 Å². The van der Waals surface area contributed by atoms with Crippen molar-refractivity contribution in [3.05, 3.63) is 34.9 Å². The van der Waals surface area contributed by atoms with Gasteiger partial charge < -0.3 is 10.0 Å². The Morgan fingerprint density at radius 2 is 2.00 bits per heavy atom. The van der Waals surface area contributed by atoms with Gasteiger partial charge in [0.05, 0.1) is 12.3 Å². The first-order chi connectivity index (χ1) is 10.1. The number of fused-ring (bicyclic) bond motifs is 1. The van der Waals surface area contributed by atoms with Crippen molar-refractivity contribution in [3.63, 3.8) is 0 Å². The molecule has 1 aliphatic carbocycles. The number of amides is 1. The number of aryl methyl sites for hydroxylation is 2. The van der Waals surface area contributed by atoms with Crippen molar-refractivity contribution in [2.45, 2.75) is 38.5 Å². The lowest BCUT2D eigenvalue weighted by atomic mass is 9.97. The molecule has 21 heavy (non-hydrogen) atoms. The lowest BCUT2D eigenvalue weighted by molar-refractivity contribution is -0.145. The fourth-order valence-electron chi connectivity index (χ4n) is 3.43. The van der Waals surface area contributed by atoms with Gasteiger partial charge in [0.1, 0.15) is 0 Å². The zero-order valence-corrected chi connectivity index (χ0v) is 12.2. The topological polar surface area (TPSA) is 57.6 Å². The van der Waals surface area contributed by atoms with Crippen molar-refractivity contribution in [1.29, 1.82) is 0 Å². The minimum absolute atomic E-state index is 0.0545. The largest absolute Gasteiger partial charge is 0.481 e. The monoisotopic (exact) mass is 287 g/mol. The maximum Gasteiger partial charge on any atom is 0.308 e. The highest BCUT2D eigenvalue weighted by atomic mass is 16.4. The Balaban J connectivity index is 1.64. The first kappa shape index (κ1) is 14.1. The van der Waals surface area contributed by atoms with E-state index in [2.05, 4.69) is 12.1 Å². The molecule has 0 saturated carbocycles. The standard InChI is InChI=1S/C17H21NO3/c19-16(18-8-2-5-15(11-18)17(20)21)10-12-6-7-13-3-1-4-14(13)9-12/h6-7,9,15H,1-5,8,10-11H2,(H,20,21)/t15-/m1/s1. The summed E-state index contributed by atoms with van der Waals surface area (Å²) >= 11 is 0. The van der Waals surface area contributed by atoms with Crippen molar-refractivity contribution in [3.8, 4) is 0 Å². The Labute approximate surface area is 124 Å². The SMILES string of the molecule is O=C(O)[C@@H]1CCCN(C(=O)Cc2ccc3c(c2)CCC3)C1. The second kappa shape index (κ2) is 5.88. The normalized spacial score (nSPS) is 21.1. The Hall–Kier alpha value is -1.84. The lowest BCUT2D eigenvalue weighted by Crippen LogP contribution is -2.43. The van der Waals surface area contributed by atoms with Gasteiger partial charge in [-0.05, 0) is 48.8 Å². The summed E-state index contributed by atoms with van der Waals surface area (Å²) in [5.41, 5.74) is 3.84. The Kier molecular flexibility index (Phi) is 3.95. The minimum atomic E-state index is -0.787. The zero-order valence-electron chi connectivity index (χ0n) is 12.2. The number of aliphatic carboxylic acids is 1. The molecular formula is C17H21NO3. The van der Waals surface area contributed by atoms with Gasteiger partial charge in [-0.2, -0.15) is 0 Å². The van der Waals surface area contributed by atoms with Gasteiger partial charge >= 0.3 is 5.97 Å². The number of carbonyl (C=O) groups excluding carboxylic acids is 1. The van der Waals surface area contributed by atoms with E-state index in [9.17, 15) is 9.59 Å². The number of carboxylic acid groups (broad SMARTS) is 1. The van der Waals surface area contributed by atoms with Crippen LogP contribution in [0.25, 0.3) is 0 Å². The Bertz CT molecular complexity index is 567. The molecule has 1 fully saturated rings. The Morgan fingerprint density at radius 3 is 2.81 bits per heavy atom. The van der Waals surface area contributed by atoms with E-state index < -0.39 is 11.9 Å². The number of benzene rings is 1. The van der Waals surface area contributed by atoms with Crippen molar-refractivity contribution in [2.75, 3.05) is 13.1 Å². The van der Waals surface area contributed by atoms with Gasteiger partial charge in [0.2, 0.25) is 5.91 Å². The first-order valence-electron chi connectivity index (χ1n) is 7.75. The third-order valence-corrected chi connectivity index (χ3v) is 4.64. The molecule has 0 bridgehead atoms. The molecule has 0 aromatic heterocycles. The summed E-state index contributed by atoms with van der Waals surface area (Å²) in [5.74, 6) is -1.13. The zero-order chi connectivity index (χ0) is 14.8.